The average Bonchev–Trinajstić information content (AvgIpc) is 3.34. The van der Waals surface area contributed by atoms with Gasteiger partial charge in [0.05, 0.1) is 4.90 Å². The summed E-state index contributed by atoms with van der Waals surface area (Å²) >= 11 is 0. The zero-order valence-corrected chi connectivity index (χ0v) is 20.7. The maximum atomic E-state index is 13.1. The van der Waals surface area contributed by atoms with Crippen molar-refractivity contribution in [2.45, 2.75) is 56.6 Å². The molecule has 34 heavy (non-hydrogen) atoms. The molecular formula is C26H32N2O5S. The minimum absolute atomic E-state index is 0.000925. The van der Waals surface area contributed by atoms with E-state index in [9.17, 15) is 13.2 Å². The van der Waals surface area contributed by atoms with Gasteiger partial charge >= 0.3 is 0 Å². The van der Waals surface area contributed by atoms with Crippen LogP contribution in [-0.4, -0.2) is 44.6 Å². The Labute approximate surface area is 201 Å². The van der Waals surface area contributed by atoms with E-state index in [1.54, 1.807) is 18.2 Å². The summed E-state index contributed by atoms with van der Waals surface area (Å²) < 4.78 is 32.9. The predicted octanol–water partition coefficient (Wildman–Crippen LogP) is 4.16. The van der Waals surface area contributed by atoms with Gasteiger partial charge in [-0.05, 0) is 47.1 Å². The van der Waals surface area contributed by atoms with Crippen LogP contribution >= 0.6 is 0 Å². The Morgan fingerprint density at radius 1 is 1.03 bits per heavy atom. The molecule has 0 spiro atoms. The molecule has 1 fully saturated rings. The summed E-state index contributed by atoms with van der Waals surface area (Å²) in [5.41, 5.74) is 6.04. The highest BCUT2D eigenvalue weighted by Gasteiger charge is 2.31. The number of hydrogen-bond donors (Lipinski definition) is 1. The SMILES string of the molecule is CC(C)(C)c1ccc(-c2ccc(S(=O)(=O)N3CC=C(C(=O)NOC4CCCCO4)C3)cc2)cc1. The first-order valence-electron chi connectivity index (χ1n) is 11.6. The molecule has 8 heteroatoms. The maximum Gasteiger partial charge on any atom is 0.271 e. The molecule has 0 saturated carbocycles. The smallest absolute Gasteiger partial charge is 0.271 e. The Morgan fingerprint density at radius 3 is 2.26 bits per heavy atom. The van der Waals surface area contributed by atoms with E-state index in [-0.39, 0.29) is 23.4 Å². The van der Waals surface area contributed by atoms with Crippen LogP contribution in [-0.2, 0) is 29.8 Å². The number of sulfonamides is 1. The summed E-state index contributed by atoms with van der Waals surface area (Å²) in [5.74, 6) is -0.444. The summed E-state index contributed by atoms with van der Waals surface area (Å²) in [5, 5.41) is 0. The number of nitrogens with zero attached hydrogens (tertiary/aromatic N) is 1. The third-order valence-electron chi connectivity index (χ3n) is 6.18. The Balaban J connectivity index is 1.37. The van der Waals surface area contributed by atoms with Crippen molar-refractivity contribution in [1.82, 2.24) is 9.79 Å². The lowest BCUT2D eigenvalue weighted by molar-refractivity contribution is -0.198. The minimum atomic E-state index is -3.73. The second kappa shape index (κ2) is 10.00. The van der Waals surface area contributed by atoms with E-state index in [1.165, 1.54) is 9.87 Å². The number of rotatable bonds is 6. The van der Waals surface area contributed by atoms with Gasteiger partial charge in [-0.3, -0.25) is 4.79 Å². The number of amides is 1. The summed E-state index contributed by atoms with van der Waals surface area (Å²) in [6.07, 6.45) is 3.84. The number of hydroxylamine groups is 1. The van der Waals surface area contributed by atoms with Crippen LogP contribution in [0.25, 0.3) is 11.1 Å². The van der Waals surface area contributed by atoms with Crippen LogP contribution in [0.15, 0.2) is 65.1 Å². The van der Waals surface area contributed by atoms with E-state index in [0.717, 1.165) is 30.4 Å². The van der Waals surface area contributed by atoms with Crippen LogP contribution in [0, 0.1) is 0 Å². The first kappa shape index (κ1) is 24.6. The molecule has 1 unspecified atom stereocenters. The van der Waals surface area contributed by atoms with Gasteiger partial charge in [0, 0.05) is 31.7 Å². The van der Waals surface area contributed by atoms with Crippen LogP contribution in [0.2, 0.25) is 0 Å². The number of nitrogens with one attached hydrogen (secondary N) is 1. The zero-order valence-electron chi connectivity index (χ0n) is 19.9. The maximum absolute atomic E-state index is 13.1. The lowest BCUT2D eigenvalue weighted by Crippen LogP contribution is -2.36. The minimum Gasteiger partial charge on any atom is -0.350 e. The van der Waals surface area contributed by atoms with Crippen molar-refractivity contribution in [3.63, 3.8) is 0 Å². The highest BCUT2D eigenvalue weighted by atomic mass is 32.2. The van der Waals surface area contributed by atoms with E-state index in [2.05, 4.69) is 50.5 Å². The monoisotopic (exact) mass is 484 g/mol. The highest BCUT2D eigenvalue weighted by molar-refractivity contribution is 7.89. The fraction of sp³-hybridized carbons (Fsp3) is 0.423. The first-order chi connectivity index (χ1) is 16.1. The molecule has 1 atom stereocenters. The fourth-order valence-corrected chi connectivity index (χ4v) is 5.36. The Kier molecular flexibility index (Phi) is 7.23. The molecule has 1 saturated heterocycles. The van der Waals surface area contributed by atoms with Crippen LogP contribution in [0.1, 0.15) is 45.6 Å². The molecule has 2 aromatic carbocycles. The molecule has 1 N–H and O–H groups in total. The molecule has 7 nitrogen and oxygen atoms in total. The number of carbonyl (C=O) groups excluding carboxylic acids is 1. The lowest BCUT2D eigenvalue weighted by Gasteiger charge is -2.22. The van der Waals surface area contributed by atoms with Crippen molar-refractivity contribution in [3.8, 4) is 11.1 Å². The fourth-order valence-electron chi connectivity index (χ4n) is 4.00. The molecule has 0 bridgehead atoms. The van der Waals surface area contributed by atoms with Crippen molar-refractivity contribution in [1.29, 1.82) is 0 Å². The molecule has 2 aliphatic rings. The summed E-state index contributed by atoms with van der Waals surface area (Å²) in [6, 6.07) is 15.2. The molecule has 2 aromatic rings. The number of benzene rings is 2. The normalized spacial score (nSPS) is 19.6. The van der Waals surface area contributed by atoms with E-state index < -0.39 is 22.2 Å². The second-order valence-corrected chi connectivity index (χ2v) is 11.7. The summed E-state index contributed by atoms with van der Waals surface area (Å²) in [6.45, 7) is 7.25. The van der Waals surface area contributed by atoms with Crippen LogP contribution in [0.4, 0.5) is 0 Å². The second-order valence-electron chi connectivity index (χ2n) is 9.72. The van der Waals surface area contributed by atoms with Gasteiger partial charge in [-0.1, -0.05) is 63.2 Å². The molecular weight excluding hydrogens is 452 g/mol. The third kappa shape index (κ3) is 5.58. The van der Waals surface area contributed by atoms with Crippen molar-refractivity contribution >= 4 is 15.9 Å². The molecule has 182 valence electrons. The van der Waals surface area contributed by atoms with E-state index in [1.807, 2.05) is 12.1 Å². The number of carbonyl (C=O) groups is 1. The van der Waals surface area contributed by atoms with Crippen molar-refractivity contribution in [3.05, 3.63) is 65.7 Å². The van der Waals surface area contributed by atoms with Crippen LogP contribution in [0.5, 0.6) is 0 Å². The summed E-state index contributed by atoms with van der Waals surface area (Å²) in [7, 11) is -3.73. The van der Waals surface area contributed by atoms with Crippen LogP contribution in [0.3, 0.4) is 0 Å². The molecule has 0 aromatic heterocycles. The van der Waals surface area contributed by atoms with Crippen molar-refractivity contribution < 1.29 is 22.8 Å². The van der Waals surface area contributed by atoms with Gasteiger partial charge in [-0.2, -0.15) is 4.31 Å². The van der Waals surface area contributed by atoms with Gasteiger partial charge < -0.3 is 4.74 Å². The Hall–Kier alpha value is -2.52. The summed E-state index contributed by atoms with van der Waals surface area (Å²) in [4.78, 5) is 17.9. The van der Waals surface area contributed by atoms with Gasteiger partial charge in [0.2, 0.25) is 10.0 Å². The highest BCUT2D eigenvalue weighted by Crippen LogP contribution is 2.28. The van der Waals surface area contributed by atoms with E-state index >= 15 is 0 Å². The molecule has 2 heterocycles. The quantitative estimate of drug-likeness (QED) is 0.623. The van der Waals surface area contributed by atoms with Gasteiger partial charge in [0.25, 0.3) is 5.91 Å². The standard InChI is InChI=1S/C26H32N2O5S/c1-26(2,3)22-11-7-19(8-12-22)20-9-13-23(14-10-20)34(30,31)28-16-15-21(18-28)25(29)27-33-24-6-4-5-17-32-24/h7-15,24H,4-6,16-18H2,1-3H3,(H,27,29). The topological polar surface area (TPSA) is 84.9 Å². The number of hydrogen-bond acceptors (Lipinski definition) is 5. The zero-order chi connectivity index (χ0) is 24.3. The third-order valence-corrected chi connectivity index (χ3v) is 8.00. The molecule has 0 aliphatic carbocycles. The molecule has 2 aliphatic heterocycles. The van der Waals surface area contributed by atoms with Crippen LogP contribution < -0.4 is 5.48 Å². The predicted molar refractivity (Wildman–Crippen MR) is 130 cm³/mol. The van der Waals surface area contributed by atoms with E-state index in [0.29, 0.717) is 12.2 Å². The van der Waals surface area contributed by atoms with E-state index in [4.69, 9.17) is 9.57 Å². The molecule has 1 amide bonds. The number of ether oxygens (including phenoxy) is 1. The van der Waals surface area contributed by atoms with Crippen molar-refractivity contribution in [2.75, 3.05) is 19.7 Å². The molecule has 4 rings (SSSR count). The Morgan fingerprint density at radius 2 is 1.68 bits per heavy atom. The Bertz CT molecular complexity index is 1140. The van der Waals surface area contributed by atoms with Crippen molar-refractivity contribution in [2.24, 2.45) is 0 Å². The average molecular weight is 485 g/mol. The molecule has 0 radical (unpaired) electrons. The van der Waals surface area contributed by atoms with Gasteiger partial charge in [0.15, 0.2) is 6.29 Å². The van der Waals surface area contributed by atoms with Gasteiger partial charge in [0.1, 0.15) is 0 Å². The largest absolute Gasteiger partial charge is 0.350 e. The van der Waals surface area contributed by atoms with Gasteiger partial charge in [-0.25, -0.2) is 18.7 Å². The lowest BCUT2D eigenvalue weighted by atomic mass is 9.86. The van der Waals surface area contributed by atoms with Gasteiger partial charge in [-0.15, -0.1) is 0 Å². The first-order valence-corrected chi connectivity index (χ1v) is 13.1.